The number of hydrogen-bond acceptors (Lipinski definition) is 4. The van der Waals surface area contributed by atoms with Gasteiger partial charge >= 0.3 is 0 Å². The molecule has 0 spiro atoms. The third-order valence-corrected chi connectivity index (χ3v) is 4.25. The van der Waals surface area contributed by atoms with Gasteiger partial charge in [-0.25, -0.2) is 0 Å². The van der Waals surface area contributed by atoms with Gasteiger partial charge in [0, 0.05) is 29.8 Å². The fraction of sp³-hybridized carbons (Fsp3) is 0.312. The molecule has 5 heteroatoms. The molecule has 1 aromatic carbocycles. The lowest BCUT2D eigenvalue weighted by Gasteiger charge is -2.23. The van der Waals surface area contributed by atoms with Crippen LogP contribution < -0.4 is 5.73 Å². The molecule has 1 aromatic heterocycles. The third-order valence-electron chi connectivity index (χ3n) is 3.39. The van der Waals surface area contributed by atoms with E-state index in [1.54, 1.807) is 23.3 Å². The smallest absolute Gasteiger partial charge is 0.254 e. The van der Waals surface area contributed by atoms with Crippen molar-refractivity contribution in [3.8, 4) is 0 Å². The summed E-state index contributed by atoms with van der Waals surface area (Å²) in [6.45, 7) is 3.54. The zero-order chi connectivity index (χ0) is 15.2. The number of carbonyl (C=O) groups excluding carboxylic acids is 1. The van der Waals surface area contributed by atoms with Gasteiger partial charge in [0.25, 0.3) is 5.91 Å². The number of rotatable bonds is 6. The standard InChI is InChI=1S/C16H20N2O2S/c1-12-14(6-3-7-15(12)17)16(19)18(8-9-20-2)11-13-5-4-10-21-13/h3-7,10H,8-9,11,17H2,1-2H3. The van der Waals surface area contributed by atoms with Crippen LogP contribution in [0.4, 0.5) is 5.69 Å². The van der Waals surface area contributed by atoms with Crippen molar-refractivity contribution in [2.45, 2.75) is 13.5 Å². The quantitative estimate of drug-likeness (QED) is 0.835. The van der Waals surface area contributed by atoms with Gasteiger partial charge in [-0.15, -0.1) is 11.3 Å². The van der Waals surface area contributed by atoms with E-state index in [4.69, 9.17) is 10.5 Å². The van der Waals surface area contributed by atoms with Gasteiger partial charge in [-0.3, -0.25) is 4.79 Å². The minimum Gasteiger partial charge on any atom is -0.398 e. The normalized spacial score (nSPS) is 10.6. The molecule has 0 aliphatic heterocycles. The minimum absolute atomic E-state index is 0.00903. The molecule has 0 bridgehead atoms. The van der Waals surface area contributed by atoms with Gasteiger partial charge < -0.3 is 15.4 Å². The van der Waals surface area contributed by atoms with Gasteiger partial charge in [-0.2, -0.15) is 0 Å². The lowest BCUT2D eigenvalue weighted by molar-refractivity contribution is 0.0682. The molecular weight excluding hydrogens is 284 g/mol. The lowest BCUT2D eigenvalue weighted by Crippen LogP contribution is -2.33. The van der Waals surface area contributed by atoms with Gasteiger partial charge in [-0.05, 0) is 36.1 Å². The molecule has 112 valence electrons. The van der Waals surface area contributed by atoms with E-state index in [9.17, 15) is 4.79 Å². The minimum atomic E-state index is -0.00903. The first-order valence-corrected chi connectivity index (χ1v) is 7.67. The van der Waals surface area contributed by atoms with Crippen molar-refractivity contribution in [1.29, 1.82) is 0 Å². The Labute approximate surface area is 129 Å². The number of amides is 1. The van der Waals surface area contributed by atoms with Crippen molar-refractivity contribution in [2.75, 3.05) is 26.0 Å². The maximum Gasteiger partial charge on any atom is 0.254 e. The summed E-state index contributed by atoms with van der Waals surface area (Å²) < 4.78 is 5.12. The molecule has 0 saturated carbocycles. The molecule has 4 nitrogen and oxygen atoms in total. The predicted molar refractivity (Wildman–Crippen MR) is 86.5 cm³/mol. The van der Waals surface area contributed by atoms with Crippen molar-refractivity contribution < 1.29 is 9.53 Å². The van der Waals surface area contributed by atoms with E-state index in [-0.39, 0.29) is 5.91 Å². The van der Waals surface area contributed by atoms with E-state index >= 15 is 0 Å². The lowest BCUT2D eigenvalue weighted by atomic mass is 10.1. The number of methoxy groups -OCH3 is 1. The first kappa shape index (κ1) is 15.5. The average Bonchev–Trinajstić information content (AvgIpc) is 2.98. The Morgan fingerprint density at radius 1 is 1.33 bits per heavy atom. The summed E-state index contributed by atoms with van der Waals surface area (Å²) in [7, 11) is 1.64. The van der Waals surface area contributed by atoms with Crippen LogP contribution in [-0.2, 0) is 11.3 Å². The molecule has 2 aromatic rings. The largest absolute Gasteiger partial charge is 0.398 e. The van der Waals surface area contributed by atoms with Gasteiger partial charge in [-0.1, -0.05) is 12.1 Å². The van der Waals surface area contributed by atoms with Crippen LogP contribution in [0.2, 0.25) is 0 Å². The summed E-state index contributed by atoms with van der Waals surface area (Å²) in [6.07, 6.45) is 0. The van der Waals surface area contributed by atoms with Crippen LogP contribution in [0.3, 0.4) is 0 Å². The zero-order valence-electron chi connectivity index (χ0n) is 12.3. The molecule has 0 fully saturated rings. The number of thiophene rings is 1. The first-order chi connectivity index (χ1) is 10.1. The fourth-order valence-corrected chi connectivity index (χ4v) is 2.82. The maximum atomic E-state index is 12.8. The van der Waals surface area contributed by atoms with Gasteiger partial charge in [0.05, 0.1) is 13.2 Å². The highest BCUT2D eigenvalue weighted by atomic mass is 32.1. The van der Waals surface area contributed by atoms with Crippen LogP contribution in [0, 0.1) is 6.92 Å². The van der Waals surface area contributed by atoms with E-state index < -0.39 is 0 Å². The van der Waals surface area contributed by atoms with E-state index in [1.165, 1.54) is 0 Å². The third kappa shape index (κ3) is 3.83. The van der Waals surface area contributed by atoms with Crippen molar-refractivity contribution in [3.63, 3.8) is 0 Å². The Morgan fingerprint density at radius 3 is 2.81 bits per heavy atom. The van der Waals surface area contributed by atoms with Crippen LogP contribution in [0.5, 0.6) is 0 Å². The van der Waals surface area contributed by atoms with Crippen LogP contribution in [0.15, 0.2) is 35.7 Å². The molecule has 0 atom stereocenters. The van der Waals surface area contributed by atoms with Crippen molar-refractivity contribution in [3.05, 3.63) is 51.7 Å². The Balaban J connectivity index is 2.22. The molecule has 1 amide bonds. The van der Waals surface area contributed by atoms with E-state index in [0.717, 1.165) is 10.4 Å². The van der Waals surface area contributed by atoms with Crippen LogP contribution in [0.25, 0.3) is 0 Å². The van der Waals surface area contributed by atoms with Gasteiger partial charge in [0.2, 0.25) is 0 Å². The highest BCUT2D eigenvalue weighted by Crippen LogP contribution is 2.19. The molecule has 21 heavy (non-hydrogen) atoms. The topological polar surface area (TPSA) is 55.6 Å². The van der Waals surface area contributed by atoms with Crippen LogP contribution in [0.1, 0.15) is 20.8 Å². The molecule has 2 N–H and O–H groups in total. The molecular formula is C16H20N2O2S. The highest BCUT2D eigenvalue weighted by Gasteiger charge is 2.18. The predicted octanol–water partition coefficient (Wildman–Crippen LogP) is 2.93. The second-order valence-electron chi connectivity index (χ2n) is 4.82. The molecule has 0 unspecified atom stereocenters. The number of anilines is 1. The van der Waals surface area contributed by atoms with Crippen LogP contribution >= 0.6 is 11.3 Å². The average molecular weight is 304 g/mol. The molecule has 0 aliphatic carbocycles. The summed E-state index contributed by atoms with van der Waals surface area (Å²) in [4.78, 5) is 15.7. The number of benzene rings is 1. The second-order valence-corrected chi connectivity index (χ2v) is 5.85. The van der Waals surface area contributed by atoms with Crippen LogP contribution in [-0.4, -0.2) is 31.1 Å². The number of hydrogen-bond donors (Lipinski definition) is 1. The van der Waals surface area contributed by atoms with Crippen molar-refractivity contribution >= 4 is 22.9 Å². The Hall–Kier alpha value is -1.85. The summed E-state index contributed by atoms with van der Waals surface area (Å²) in [5.74, 6) is -0.00903. The summed E-state index contributed by atoms with van der Waals surface area (Å²) >= 11 is 1.65. The molecule has 0 saturated heterocycles. The Kier molecular flexibility index (Phi) is 5.36. The second kappa shape index (κ2) is 7.24. The summed E-state index contributed by atoms with van der Waals surface area (Å²) in [5.41, 5.74) is 8.03. The fourth-order valence-electron chi connectivity index (χ4n) is 2.10. The molecule has 0 radical (unpaired) electrons. The monoisotopic (exact) mass is 304 g/mol. The van der Waals surface area contributed by atoms with Gasteiger partial charge in [0.1, 0.15) is 0 Å². The number of nitrogens with two attached hydrogens (primary N) is 1. The van der Waals surface area contributed by atoms with E-state index in [2.05, 4.69) is 0 Å². The summed E-state index contributed by atoms with van der Waals surface area (Å²) in [5, 5.41) is 2.01. The SMILES string of the molecule is COCCN(Cc1cccs1)C(=O)c1cccc(N)c1C. The Morgan fingerprint density at radius 2 is 2.14 bits per heavy atom. The highest BCUT2D eigenvalue weighted by molar-refractivity contribution is 7.09. The Bertz CT molecular complexity index is 596. The number of ether oxygens (including phenoxy) is 1. The zero-order valence-corrected chi connectivity index (χ0v) is 13.2. The first-order valence-electron chi connectivity index (χ1n) is 6.79. The number of nitrogens with zero attached hydrogens (tertiary/aromatic N) is 1. The summed E-state index contributed by atoms with van der Waals surface area (Å²) in [6, 6.07) is 9.47. The van der Waals surface area contributed by atoms with E-state index in [1.807, 2.05) is 42.6 Å². The number of nitrogen functional groups attached to an aromatic ring is 1. The van der Waals surface area contributed by atoms with Gasteiger partial charge in [0.15, 0.2) is 0 Å². The van der Waals surface area contributed by atoms with Crippen molar-refractivity contribution in [1.82, 2.24) is 4.90 Å². The molecule has 2 rings (SSSR count). The van der Waals surface area contributed by atoms with Crippen molar-refractivity contribution in [2.24, 2.45) is 0 Å². The molecule has 0 aliphatic rings. The van der Waals surface area contributed by atoms with E-state index in [0.29, 0.717) is 30.9 Å². The molecule has 1 heterocycles. The number of carbonyl (C=O) groups is 1. The maximum absolute atomic E-state index is 12.8.